The highest BCUT2D eigenvalue weighted by Crippen LogP contribution is 2.62. The van der Waals surface area contributed by atoms with Gasteiger partial charge in [-0.2, -0.15) is 0 Å². The van der Waals surface area contributed by atoms with Gasteiger partial charge < -0.3 is 14.4 Å². The molecule has 5 aliphatic carbocycles. The largest absolute Gasteiger partial charge is 0.386 e. The first-order valence-corrected chi connectivity index (χ1v) is 15.7. The summed E-state index contributed by atoms with van der Waals surface area (Å²) in [5.74, 6) is 3.12. The zero-order chi connectivity index (χ0) is 26.3. The topological polar surface area (TPSA) is 68.4 Å². The average molecular weight is 582 g/mol. The maximum atomic E-state index is 11.6. The maximum Gasteiger partial charge on any atom is 0.145 e. The lowest BCUT2D eigenvalue weighted by Crippen LogP contribution is -2.56. The van der Waals surface area contributed by atoms with Gasteiger partial charge in [-0.05, 0) is 92.9 Å². The monoisotopic (exact) mass is 580 g/mol. The van der Waals surface area contributed by atoms with E-state index < -0.39 is 6.10 Å². The van der Waals surface area contributed by atoms with Gasteiger partial charge in [0.1, 0.15) is 22.6 Å². The van der Waals surface area contributed by atoms with E-state index in [2.05, 4.69) is 11.2 Å². The van der Waals surface area contributed by atoms with Crippen molar-refractivity contribution in [2.24, 2.45) is 23.7 Å². The first-order chi connectivity index (χ1) is 19.0. The molecule has 5 fully saturated rings. The highest BCUT2D eigenvalue weighted by molar-refractivity contribution is 7.18. The highest BCUT2D eigenvalue weighted by Gasteiger charge is 2.58. The van der Waals surface area contributed by atoms with Crippen LogP contribution in [0.5, 0.6) is 0 Å². The number of hydrogen-bond acceptors (Lipinski definition) is 6. The molecular formula is C31H30Cl2N2O3S. The van der Waals surface area contributed by atoms with Crippen LogP contribution in [0.15, 0.2) is 47.0 Å². The number of benzene rings is 2. The van der Waals surface area contributed by atoms with Gasteiger partial charge in [-0.25, -0.2) is 4.98 Å². The van der Waals surface area contributed by atoms with E-state index in [1.165, 1.54) is 12.8 Å². The molecule has 202 valence electrons. The van der Waals surface area contributed by atoms with Crippen molar-refractivity contribution in [3.8, 4) is 11.3 Å². The quantitative estimate of drug-likeness (QED) is 0.237. The first kappa shape index (κ1) is 24.8. The van der Waals surface area contributed by atoms with Crippen LogP contribution in [0.4, 0.5) is 0 Å². The van der Waals surface area contributed by atoms with Gasteiger partial charge >= 0.3 is 0 Å². The summed E-state index contributed by atoms with van der Waals surface area (Å²) < 4.78 is 14.0. The first-order valence-electron chi connectivity index (χ1n) is 14.1. The molecule has 1 N–H and O–H groups in total. The molecule has 2 unspecified atom stereocenters. The summed E-state index contributed by atoms with van der Waals surface area (Å²) in [6.07, 6.45) is 7.13. The molecular weight excluding hydrogens is 551 g/mol. The van der Waals surface area contributed by atoms with Crippen molar-refractivity contribution >= 4 is 44.8 Å². The van der Waals surface area contributed by atoms with E-state index in [1.54, 1.807) is 11.3 Å². The smallest absolute Gasteiger partial charge is 0.145 e. The molecule has 9 rings (SSSR count). The number of fused-ring (bicyclic) bond motifs is 1. The Balaban J connectivity index is 1.06. The van der Waals surface area contributed by atoms with Crippen LogP contribution in [-0.4, -0.2) is 20.8 Å². The molecule has 0 aliphatic heterocycles. The van der Waals surface area contributed by atoms with Crippen molar-refractivity contribution in [3.63, 3.8) is 0 Å². The summed E-state index contributed by atoms with van der Waals surface area (Å²) >= 11 is 14.8. The number of para-hydroxylation sites is 1. The Bertz CT molecular complexity index is 1490. The van der Waals surface area contributed by atoms with E-state index in [-0.39, 0.29) is 11.5 Å². The summed E-state index contributed by atoms with van der Waals surface area (Å²) in [4.78, 5) is 4.82. The Morgan fingerprint density at radius 3 is 2.49 bits per heavy atom. The molecule has 4 bridgehead atoms. The van der Waals surface area contributed by atoms with E-state index in [9.17, 15) is 5.11 Å². The Kier molecular flexibility index (Phi) is 5.90. The number of rotatable bonds is 7. The van der Waals surface area contributed by atoms with Crippen molar-refractivity contribution in [2.45, 2.75) is 69.2 Å². The number of ether oxygens (including phenoxy) is 1. The summed E-state index contributed by atoms with van der Waals surface area (Å²) in [6.45, 7) is 0.448. The van der Waals surface area contributed by atoms with Crippen LogP contribution in [0.3, 0.4) is 0 Å². The van der Waals surface area contributed by atoms with Crippen LogP contribution >= 0.6 is 34.5 Å². The molecule has 39 heavy (non-hydrogen) atoms. The van der Waals surface area contributed by atoms with E-state index >= 15 is 0 Å². The van der Waals surface area contributed by atoms with Crippen LogP contribution in [0.1, 0.15) is 73.3 Å². The van der Waals surface area contributed by atoms with Gasteiger partial charge in [-0.1, -0.05) is 46.6 Å². The molecule has 2 aromatic carbocycles. The van der Waals surface area contributed by atoms with Gasteiger partial charge in [0.25, 0.3) is 0 Å². The number of halogens is 2. The van der Waals surface area contributed by atoms with Gasteiger partial charge in [0, 0.05) is 17.0 Å². The fourth-order valence-corrected chi connectivity index (χ4v) is 9.72. The number of hydrogen-bond donors (Lipinski definition) is 1. The number of thiazole rings is 1. The fourth-order valence-electron chi connectivity index (χ4n) is 8.14. The lowest BCUT2D eigenvalue weighted by molar-refractivity contribution is -0.203. The Morgan fingerprint density at radius 2 is 1.77 bits per heavy atom. The van der Waals surface area contributed by atoms with Gasteiger partial charge in [-0.3, -0.25) is 0 Å². The van der Waals surface area contributed by atoms with Crippen molar-refractivity contribution in [1.82, 2.24) is 10.1 Å². The van der Waals surface area contributed by atoms with E-state index in [4.69, 9.17) is 37.4 Å². The van der Waals surface area contributed by atoms with Gasteiger partial charge in [0.15, 0.2) is 0 Å². The molecule has 4 aromatic rings. The van der Waals surface area contributed by atoms with Crippen molar-refractivity contribution in [3.05, 3.63) is 68.8 Å². The molecule has 0 saturated heterocycles. The summed E-state index contributed by atoms with van der Waals surface area (Å²) in [5, 5.41) is 18.1. The lowest BCUT2D eigenvalue weighted by Gasteiger charge is -2.60. The third kappa shape index (κ3) is 4.17. The molecule has 5 aliphatic rings. The van der Waals surface area contributed by atoms with Gasteiger partial charge in [0.05, 0.1) is 32.5 Å². The summed E-state index contributed by atoms with van der Waals surface area (Å²) in [5.41, 5.74) is 3.24. The third-order valence-electron chi connectivity index (χ3n) is 9.71. The normalized spacial score (nSPS) is 30.3. The average Bonchev–Trinajstić information content (AvgIpc) is 3.52. The van der Waals surface area contributed by atoms with Crippen molar-refractivity contribution < 1.29 is 14.4 Å². The number of nitrogens with zero attached hydrogens (tertiary/aromatic N) is 2. The second-order valence-electron chi connectivity index (χ2n) is 12.2. The Labute approximate surface area is 241 Å². The Morgan fingerprint density at radius 1 is 1.03 bits per heavy atom. The predicted octanol–water partition coefficient (Wildman–Crippen LogP) is 8.58. The molecule has 2 aromatic heterocycles. The molecule has 8 heteroatoms. The fraction of sp³-hybridized carbons (Fsp3) is 0.484. The number of aliphatic hydroxyl groups excluding tert-OH is 1. The van der Waals surface area contributed by atoms with Crippen LogP contribution in [0, 0.1) is 23.7 Å². The van der Waals surface area contributed by atoms with Crippen LogP contribution in [0.25, 0.3) is 21.5 Å². The van der Waals surface area contributed by atoms with E-state index in [0.717, 1.165) is 64.2 Å². The minimum Gasteiger partial charge on any atom is -0.386 e. The minimum absolute atomic E-state index is 0.167. The Hall–Kier alpha value is -1.96. The van der Waals surface area contributed by atoms with Gasteiger partial charge in [0.2, 0.25) is 0 Å². The predicted molar refractivity (Wildman–Crippen MR) is 153 cm³/mol. The maximum absolute atomic E-state index is 11.6. The zero-order valence-electron chi connectivity index (χ0n) is 21.5. The van der Waals surface area contributed by atoms with Crippen LogP contribution < -0.4 is 0 Å². The second-order valence-corrected chi connectivity index (χ2v) is 14.1. The second kappa shape index (κ2) is 9.28. The van der Waals surface area contributed by atoms with Crippen LogP contribution in [-0.2, 0) is 11.3 Å². The highest BCUT2D eigenvalue weighted by atomic mass is 35.5. The van der Waals surface area contributed by atoms with Crippen LogP contribution in [0.2, 0.25) is 10.0 Å². The number of aromatic nitrogens is 2. The van der Waals surface area contributed by atoms with Crippen molar-refractivity contribution in [1.29, 1.82) is 0 Å². The standard InChI is InChI=1S/C31H30Cl2N2O3S/c32-21-4-3-5-22(33)26(21)27-20(29(38-35-27)17-8-9-17)15-37-31-12-16-10-18(13-31)25(19(11-16)14-31)28(36)30-34-23-6-1-2-7-24(23)39-30/h1-7,16-19,25,28,36H,8-15H2/t16?,18-,19?,25+,28+,31+/m0/s1. The lowest BCUT2D eigenvalue weighted by atomic mass is 9.49. The number of aliphatic hydroxyl groups is 1. The molecule has 2 heterocycles. The summed E-state index contributed by atoms with van der Waals surface area (Å²) in [7, 11) is 0. The molecule has 5 saturated carbocycles. The molecule has 5 nitrogen and oxygen atoms in total. The third-order valence-corrected chi connectivity index (χ3v) is 11.4. The van der Waals surface area contributed by atoms with Crippen molar-refractivity contribution in [2.75, 3.05) is 0 Å². The summed E-state index contributed by atoms with van der Waals surface area (Å²) in [6, 6.07) is 13.7. The molecule has 6 atom stereocenters. The molecule has 0 spiro atoms. The van der Waals surface area contributed by atoms with E-state index in [1.807, 2.05) is 36.4 Å². The SMILES string of the molecule is O[C@@H](c1nc2ccccc2s1)[C@H]1C2CC3C[C@H]1C[C@](OCc1c(-c4c(Cl)cccc4Cl)noc1C1CC1)(C3)C2. The van der Waals surface area contributed by atoms with E-state index in [0.29, 0.717) is 46.0 Å². The molecule has 0 amide bonds. The zero-order valence-corrected chi connectivity index (χ0v) is 23.8. The minimum atomic E-state index is -0.511. The van der Waals surface area contributed by atoms with Gasteiger partial charge in [-0.15, -0.1) is 11.3 Å². The molecule has 0 radical (unpaired) electrons.